The van der Waals surface area contributed by atoms with Crippen LogP contribution in [0.4, 0.5) is 5.69 Å². The number of nitrogens with zero attached hydrogens (tertiary/aromatic N) is 2. The maximum Gasteiger partial charge on any atom is 0.338 e. The van der Waals surface area contributed by atoms with E-state index in [4.69, 9.17) is 4.74 Å². The van der Waals surface area contributed by atoms with Crippen LogP contribution in [0.5, 0.6) is 0 Å². The molecule has 0 spiro atoms. The maximum atomic E-state index is 12.6. The first-order valence-electron chi connectivity index (χ1n) is 9.01. The molecule has 0 aliphatic rings. The Labute approximate surface area is 171 Å². The van der Waals surface area contributed by atoms with Crippen molar-refractivity contribution in [3.63, 3.8) is 0 Å². The number of esters is 1. The molecule has 0 aliphatic heterocycles. The molecule has 0 atom stereocenters. The highest BCUT2D eigenvalue weighted by Gasteiger charge is 2.15. The highest BCUT2D eigenvalue weighted by molar-refractivity contribution is 7.00. The van der Waals surface area contributed by atoms with Gasteiger partial charge >= 0.3 is 5.97 Å². The summed E-state index contributed by atoms with van der Waals surface area (Å²) in [5.74, 6) is -0.959. The summed E-state index contributed by atoms with van der Waals surface area (Å²) in [6.45, 7) is -0.382. The van der Waals surface area contributed by atoms with Crippen molar-refractivity contribution >= 4 is 40.3 Å². The lowest BCUT2D eigenvalue weighted by Gasteiger charge is -2.10. The number of hydrogen-bond acceptors (Lipinski definition) is 6. The summed E-state index contributed by atoms with van der Waals surface area (Å²) in [6.07, 6.45) is 0.608. The molecule has 144 valence electrons. The zero-order chi connectivity index (χ0) is 20.1. The summed E-state index contributed by atoms with van der Waals surface area (Å²) in [5, 5.41) is 2.72. The van der Waals surface area contributed by atoms with Crippen LogP contribution in [-0.4, -0.2) is 27.2 Å². The monoisotopic (exact) mass is 403 g/mol. The predicted molar refractivity (Wildman–Crippen MR) is 112 cm³/mol. The van der Waals surface area contributed by atoms with Crippen molar-refractivity contribution in [2.75, 3.05) is 11.9 Å². The Kier molecular flexibility index (Phi) is 5.58. The number of ether oxygens (including phenoxy) is 1. The number of carbonyl (C=O) groups excluding carboxylic acids is 2. The third-order valence-corrected chi connectivity index (χ3v) is 4.91. The normalized spacial score (nSPS) is 10.6. The Bertz CT molecular complexity index is 1160. The average Bonchev–Trinajstić information content (AvgIpc) is 3.23. The van der Waals surface area contributed by atoms with Crippen molar-refractivity contribution in [3.8, 4) is 0 Å². The number of benzene rings is 3. The van der Waals surface area contributed by atoms with E-state index in [0.29, 0.717) is 28.7 Å². The van der Waals surface area contributed by atoms with Crippen molar-refractivity contribution in [1.29, 1.82) is 0 Å². The van der Waals surface area contributed by atoms with Crippen LogP contribution in [-0.2, 0) is 16.0 Å². The molecule has 1 amide bonds. The first kappa shape index (κ1) is 18.8. The number of amides is 1. The number of anilines is 1. The summed E-state index contributed by atoms with van der Waals surface area (Å²) in [7, 11) is 0. The van der Waals surface area contributed by atoms with E-state index in [-0.39, 0.29) is 6.61 Å². The van der Waals surface area contributed by atoms with Gasteiger partial charge in [-0.15, -0.1) is 0 Å². The van der Waals surface area contributed by atoms with Crippen LogP contribution in [0.2, 0.25) is 0 Å². The van der Waals surface area contributed by atoms with Crippen LogP contribution >= 0.6 is 11.7 Å². The largest absolute Gasteiger partial charge is 0.452 e. The van der Waals surface area contributed by atoms with Gasteiger partial charge < -0.3 is 10.1 Å². The first-order chi connectivity index (χ1) is 14.2. The maximum absolute atomic E-state index is 12.6. The van der Waals surface area contributed by atoms with Crippen LogP contribution in [0.25, 0.3) is 11.0 Å². The van der Waals surface area contributed by atoms with Crippen LogP contribution in [0, 0.1) is 0 Å². The molecule has 4 rings (SSSR count). The molecular weight excluding hydrogens is 386 g/mol. The summed E-state index contributed by atoms with van der Waals surface area (Å²) < 4.78 is 13.6. The van der Waals surface area contributed by atoms with E-state index in [2.05, 4.69) is 14.1 Å². The lowest BCUT2D eigenvalue weighted by molar-refractivity contribution is -0.119. The van der Waals surface area contributed by atoms with Gasteiger partial charge in [0.1, 0.15) is 11.0 Å². The molecular formula is C22H17N3O3S. The lowest BCUT2D eigenvalue weighted by atomic mass is 10.00. The van der Waals surface area contributed by atoms with Crippen molar-refractivity contribution in [2.45, 2.75) is 6.42 Å². The smallest absolute Gasteiger partial charge is 0.338 e. The fourth-order valence-electron chi connectivity index (χ4n) is 2.99. The Morgan fingerprint density at radius 2 is 1.69 bits per heavy atom. The molecule has 29 heavy (non-hydrogen) atoms. The van der Waals surface area contributed by atoms with Gasteiger partial charge in [-0.25, -0.2) is 4.79 Å². The summed E-state index contributed by atoms with van der Waals surface area (Å²) in [4.78, 5) is 24.8. The number of aromatic nitrogens is 2. The Balaban J connectivity index is 1.41. The van der Waals surface area contributed by atoms with E-state index in [9.17, 15) is 9.59 Å². The van der Waals surface area contributed by atoms with Gasteiger partial charge in [0.2, 0.25) is 0 Å². The van der Waals surface area contributed by atoms with Gasteiger partial charge in [0.15, 0.2) is 6.61 Å². The fourth-order valence-corrected chi connectivity index (χ4v) is 3.54. The number of fused-ring (bicyclic) bond motifs is 1. The van der Waals surface area contributed by atoms with E-state index >= 15 is 0 Å². The van der Waals surface area contributed by atoms with Gasteiger partial charge in [0, 0.05) is 0 Å². The second-order valence-electron chi connectivity index (χ2n) is 6.38. The quantitative estimate of drug-likeness (QED) is 0.491. The van der Waals surface area contributed by atoms with Crippen LogP contribution in [0.1, 0.15) is 21.5 Å². The van der Waals surface area contributed by atoms with Crippen LogP contribution in [0.15, 0.2) is 72.8 Å². The minimum Gasteiger partial charge on any atom is -0.452 e. The third-order valence-electron chi connectivity index (χ3n) is 4.37. The molecule has 0 saturated carbocycles. The van der Waals surface area contributed by atoms with Gasteiger partial charge in [-0.3, -0.25) is 4.79 Å². The van der Waals surface area contributed by atoms with Crippen molar-refractivity contribution < 1.29 is 14.3 Å². The van der Waals surface area contributed by atoms with Gasteiger partial charge in [-0.2, -0.15) is 8.75 Å². The highest BCUT2D eigenvalue weighted by Crippen LogP contribution is 2.21. The topological polar surface area (TPSA) is 81.2 Å². The van der Waals surface area contributed by atoms with Crippen LogP contribution < -0.4 is 5.32 Å². The molecule has 1 aromatic heterocycles. The molecule has 7 heteroatoms. The number of rotatable bonds is 6. The molecule has 6 nitrogen and oxygen atoms in total. The van der Waals surface area contributed by atoms with Crippen LogP contribution in [0.3, 0.4) is 0 Å². The summed E-state index contributed by atoms with van der Waals surface area (Å²) in [6, 6.07) is 22.5. The molecule has 0 unspecified atom stereocenters. The van der Waals surface area contributed by atoms with Gasteiger partial charge in [-0.05, 0) is 35.7 Å². The standard InChI is InChI=1S/C22H17N3O3S/c26-20(23-18-11-6-12-19-21(18)25-29-24-19)14-28-22(27)17-10-5-4-9-16(17)13-15-7-2-1-3-8-15/h1-12H,13-14H2,(H,23,26). The average molecular weight is 403 g/mol. The molecule has 1 heterocycles. The van der Waals surface area contributed by atoms with Crippen molar-refractivity contribution in [1.82, 2.24) is 8.75 Å². The zero-order valence-corrected chi connectivity index (χ0v) is 16.2. The van der Waals surface area contributed by atoms with Crippen molar-refractivity contribution in [3.05, 3.63) is 89.5 Å². The summed E-state index contributed by atoms with van der Waals surface area (Å²) >= 11 is 1.08. The van der Waals surface area contributed by atoms with Crippen molar-refractivity contribution in [2.24, 2.45) is 0 Å². The molecule has 0 radical (unpaired) electrons. The number of carbonyl (C=O) groups is 2. The Morgan fingerprint density at radius 3 is 2.55 bits per heavy atom. The third kappa shape index (κ3) is 4.47. The van der Waals surface area contributed by atoms with Gasteiger partial charge in [0.25, 0.3) is 5.91 Å². The molecule has 4 aromatic rings. The first-order valence-corrected chi connectivity index (χ1v) is 9.74. The molecule has 0 aliphatic carbocycles. The lowest BCUT2D eigenvalue weighted by Crippen LogP contribution is -2.21. The minimum absolute atomic E-state index is 0.382. The molecule has 0 fully saturated rings. The highest BCUT2D eigenvalue weighted by atomic mass is 32.1. The number of hydrogen-bond donors (Lipinski definition) is 1. The molecule has 3 aromatic carbocycles. The second kappa shape index (κ2) is 8.62. The Morgan fingerprint density at radius 1 is 0.897 bits per heavy atom. The van der Waals surface area contributed by atoms with Gasteiger partial charge in [0.05, 0.1) is 23.0 Å². The minimum atomic E-state index is -0.528. The van der Waals surface area contributed by atoms with E-state index in [0.717, 1.165) is 22.9 Å². The summed E-state index contributed by atoms with van der Waals surface area (Å²) in [5.41, 5.74) is 4.26. The van der Waals surface area contributed by atoms with Gasteiger partial charge in [-0.1, -0.05) is 54.6 Å². The van der Waals surface area contributed by atoms with E-state index < -0.39 is 11.9 Å². The van der Waals surface area contributed by atoms with E-state index in [1.807, 2.05) is 48.5 Å². The SMILES string of the molecule is O=C(COC(=O)c1ccccc1Cc1ccccc1)Nc1cccc2nsnc12. The van der Waals surface area contributed by atoms with E-state index in [1.165, 1.54) is 0 Å². The Hall–Kier alpha value is -3.58. The molecule has 0 saturated heterocycles. The molecule has 1 N–H and O–H groups in total. The second-order valence-corrected chi connectivity index (χ2v) is 6.91. The molecule has 0 bridgehead atoms. The zero-order valence-electron chi connectivity index (χ0n) is 15.4. The fraction of sp³-hybridized carbons (Fsp3) is 0.0909. The number of nitrogens with one attached hydrogen (secondary N) is 1. The van der Waals surface area contributed by atoms with E-state index in [1.54, 1.807) is 24.3 Å². The predicted octanol–water partition coefficient (Wildman–Crippen LogP) is 4.08.